The topological polar surface area (TPSA) is 137 Å². The molecule has 0 bridgehead atoms. The molecule has 0 radical (unpaired) electrons. The van der Waals surface area contributed by atoms with Crippen molar-refractivity contribution in [3.05, 3.63) is 88.9 Å². The number of piperidine rings is 1. The van der Waals surface area contributed by atoms with Crippen molar-refractivity contribution in [1.82, 2.24) is 20.3 Å². The second-order valence-electron chi connectivity index (χ2n) is 14.5. The minimum atomic E-state index is -0.655. The first kappa shape index (κ1) is 36.6. The van der Waals surface area contributed by atoms with Crippen LogP contribution in [0.5, 0.6) is 5.75 Å². The molecule has 1 atom stereocenters. The lowest BCUT2D eigenvalue weighted by Gasteiger charge is -2.34. The first-order valence-electron chi connectivity index (χ1n) is 18.4. The fourth-order valence-electron chi connectivity index (χ4n) is 6.98. The first-order chi connectivity index (χ1) is 25.1. The molecular formula is C41H50N8O3. The van der Waals surface area contributed by atoms with Gasteiger partial charge in [0.2, 0.25) is 0 Å². The summed E-state index contributed by atoms with van der Waals surface area (Å²) in [6, 6.07) is 19.3. The van der Waals surface area contributed by atoms with E-state index in [9.17, 15) is 10.1 Å². The summed E-state index contributed by atoms with van der Waals surface area (Å²) in [5, 5.41) is 19.6. The number of aryl methyl sites for hydroxylation is 1. The van der Waals surface area contributed by atoms with Crippen molar-refractivity contribution in [2.75, 3.05) is 48.8 Å². The summed E-state index contributed by atoms with van der Waals surface area (Å²) in [7, 11) is 1.64. The van der Waals surface area contributed by atoms with E-state index in [1.807, 2.05) is 51.1 Å². The Morgan fingerprint density at radius 2 is 1.88 bits per heavy atom. The number of anilines is 3. The van der Waals surface area contributed by atoms with E-state index in [0.29, 0.717) is 18.0 Å². The smallest absolute Gasteiger partial charge is 0.325 e. The molecule has 0 aliphatic carbocycles. The van der Waals surface area contributed by atoms with Gasteiger partial charge in [-0.3, -0.25) is 10.1 Å². The van der Waals surface area contributed by atoms with E-state index < -0.39 is 11.6 Å². The van der Waals surface area contributed by atoms with Gasteiger partial charge in [0.25, 0.3) is 0 Å². The highest BCUT2D eigenvalue weighted by Gasteiger charge is 2.28. The Labute approximate surface area is 307 Å². The molecule has 1 saturated heterocycles. The van der Waals surface area contributed by atoms with E-state index in [1.165, 1.54) is 11.3 Å². The lowest BCUT2D eigenvalue weighted by molar-refractivity contribution is -0.157. The summed E-state index contributed by atoms with van der Waals surface area (Å²) in [5.74, 6) is 3.51. The zero-order chi connectivity index (χ0) is 36.7. The van der Waals surface area contributed by atoms with Gasteiger partial charge in [-0.25, -0.2) is 15.0 Å². The summed E-state index contributed by atoms with van der Waals surface area (Å²) >= 11 is 0. The lowest BCUT2D eigenvalue weighted by atomic mass is 9.92. The molecule has 0 amide bonds. The maximum Gasteiger partial charge on any atom is 0.325 e. The van der Waals surface area contributed by atoms with Crippen molar-refractivity contribution >= 4 is 23.4 Å². The predicted octanol–water partition coefficient (Wildman–Crippen LogP) is 6.64. The number of benzene rings is 2. The van der Waals surface area contributed by atoms with Crippen LogP contribution in [-0.4, -0.2) is 65.9 Å². The van der Waals surface area contributed by atoms with Gasteiger partial charge in [-0.05, 0) is 99.9 Å². The standard InChI is InChI=1S/C41H50N8O3/c1-6-32-38(46-26-47-39(32)49-20-17-30(18-21-49)34-15-14-31-8-7-19-43-37(31)48-34)45-25-35(40(50)52-41(2,3)4)44-24-28-11-16-36(51-5)33(22-28)29-12-9-27(23-42)10-13-29/h9-16,22,26,30,35,44H,6-8,17-21,24-25H2,1-5H3,(H,43,48)(H,45,46,47)/t35-/m0/s1. The minimum absolute atomic E-state index is 0.275. The van der Waals surface area contributed by atoms with E-state index in [4.69, 9.17) is 19.4 Å². The van der Waals surface area contributed by atoms with Gasteiger partial charge < -0.3 is 25.0 Å². The number of methoxy groups -OCH3 is 1. The monoisotopic (exact) mass is 702 g/mol. The van der Waals surface area contributed by atoms with Crippen LogP contribution in [0.2, 0.25) is 0 Å². The van der Waals surface area contributed by atoms with Crippen molar-refractivity contribution < 1.29 is 14.3 Å². The van der Waals surface area contributed by atoms with Crippen LogP contribution in [0.1, 0.15) is 80.8 Å². The van der Waals surface area contributed by atoms with Crippen LogP contribution in [0.3, 0.4) is 0 Å². The number of carbonyl (C=O) groups excluding carboxylic acids is 1. The van der Waals surface area contributed by atoms with Crippen LogP contribution in [0.15, 0.2) is 60.9 Å². The van der Waals surface area contributed by atoms with Crippen LogP contribution in [0.4, 0.5) is 17.5 Å². The molecule has 2 aromatic heterocycles. The molecule has 0 saturated carbocycles. The molecule has 11 heteroatoms. The second-order valence-corrected chi connectivity index (χ2v) is 14.5. The Morgan fingerprint density at radius 3 is 2.60 bits per heavy atom. The van der Waals surface area contributed by atoms with Crippen molar-refractivity contribution in [3.8, 4) is 22.9 Å². The third kappa shape index (κ3) is 8.80. The molecule has 272 valence electrons. The Balaban J connectivity index is 1.14. The van der Waals surface area contributed by atoms with E-state index in [0.717, 1.165) is 97.2 Å². The SMILES string of the molecule is CCc1c(NC[C@H](NCc2ccc(OC)c(-c3ccc(C#N)cc3)c2)C(=O)OC(C)(C)C)ncnc1N1CCC(c2ccc3c(n2)NCCC3)CC1. The number of nitriles is 1. The fourth-order valence-corrected chi connectivity index (χ4v) is 6.98. The van der Waals surface area contributed by atoms with Gasteiger partial charge in [0.15, 0.2) is 0 Å². The van der Waals surface area contributed by atoms with Crippen LogP contribution in [0.25, 0.3) is 11.1 Å². The molecule has 52 heavy (non-hydrogen) atoms. The van der Waals surface area contributed by atoms with Gasteiger partial charge >= 0.3 is 5.97 Å². The summed E-state index contributed by atoms with van der Waals surface area (Å²) < 4.78 is 11.5. The first-order valence-corrected chi connectivity index (χ1v) is 18.4. The second kappa shape index (κ2) is 16.4. The van der Waals surface area contributed by atoms with Crippen molar-refractivity contribution in [2.24, 2.45) is 0 Å². The number of pyridine rings is 1. The number of fused-ring (bicyclic) bond motifs is 1. The summed E-state index contributed by atoms with van der Waals surface area (Å²) in [4.78, 5) is 30.3. The van der Waals surface area contributed by atoms with E-state index >= 15 is 0 Å². The highest BCUT2D eigenvalue weighted by Crippen LogP contribution is 2.34. The average molecular weight is 703 g/mol. The number of rotatable bonds is 12. The average Bonchev–Trinajstić information content (AvgIpc) is 3.16. The Kier molecular flexibility index (Phi) is 11.6. The molecule has 2 aromatic carbocycles. The highest BCUT2D eigenvalue weighted by molar-refractivity contribution is 5.77. The molecule has 2 aliphatic rings. The summed E-state index contributed by atoms with van der Waals surface area (Å²) in [5.41, 5.74) is 6.28. The third-order valence-corrected chi connectivity index (χ3v) is 9.71. The molecule has 2 aliphatic heterocycles. The predicted molar refractivity (Wildman–Crippen MR) is 205 cm³/mol. The van der Waals surface area contributed by atoms with Gasteiger partial charge in [0, 0.05) is 55.5 Å². The van der Waals surface area contributed by atoms with E-state index in [-0.39, 0.29) is 12.5 Å². The number of ether oxygens (including phenoxy) is 2. The van der Waals surface area contributed by atoms with Crippen LogP contribution < -0.4 is 25.6 Å². The van der Waals surface area contributed by atoms with E-state index in [1.54, 1.807) is 25.6 Å². The molecular weight excluding hydrogens is 653 g/mol. The van der Waals surface area contributed by atoms with Gasteiger partial charge in [-0.15, -0.1) is 0 Å². The molecule has 1 fully saturated rings. The molecule has 0 unspecified atom stereocenters. The quantitative estimate of drug-likeness (QED) is 0.137. The van der Waals surface area contributed by atoms with E-state index in [2.05, 4.69) is 51.0 Å². The highest BCUT2D eigenvalue weighted by atomic mass is 16.6. The van der Waals surface area contributed by atoms with Crippen molar-refractivity contribution in [3.63, 3.8) is 0 Å². The zero-order valence-electron chi connectivity index (χ0n) is 31.0. The molecule has 3 N–H and O–H groups in total. The number of nitrogens with one attached hydrogen (secondary N) is 3. The maximum absolute atomic E-state index is 13.5. The molecule has 0 spiro atoms. The van der Waals surface area contributed by atoms with Gasteiger partial charge in [-0.2, -0.15) is 5.26 Å². The number of esters is 1. The van der Waals surface area contributed by atoms with Crippen molar-refractivity contribution in [2.45, 2.75) is 83.9 Å². The maximum atomic E-state index is 13.5. The van der Waals surface area contributed by atoms with Crippen LogP contribution in [-0.2, 0) is 28.9 Å². The molecule has 4 aromatic rings. The Bertz CT molecular complexity index is 1890. The van der Waals surface area contributed by atoms with Gasteiger partial charge in [0.1, 0.15) is 41.2 Å². The minimum Gasteiger partial charge on any atom is -0.496 e. The Hall–Kier alpha value is -5.21. The number of nitrogens with zero attached hydrogens (tertiary/aromatic N) is 5. The zero-order valence-corrected chi connectivity index (χ0v) is 31.0. The van der Waals surface area contributed by atoms with Gasteiger partial charge in [0.05, 0.1) is 18.7 Å². The number of aromatic nitrogens is 3. The fraction of sp³-hybridized carbons (Fsp3) is 0.439. The van der Waals surface area contributed by atoms with Crippen molar-refractivity contribution in [1.29, 1.82) is 5.26 Å². The van der Waals surface area contributed by atoms with Gasteiger partial charge in [-0.1, -0.05) is 31.2 Å². The molecule has 6 rings (SSSR count). The lowest BCUT2D eigenvalue weighted by Crippen LogP contribution is -2.45. The molecule has 4 heterocycles. The third-order valence-electron chi connectivity index (χ3n) is 9.71. The summed E-state index contributed by atoms with van der Waals surface area (Å²) in [6.07, 6.45) is 6.61. The Morgan fingerprint density at radius 1 is 1.10 bits per heavy atom. The normalized spacial score (nSPS) is 15.2. The van der Waals surface area contributed by atoms with Crippen LogP contribution in [0, 0.1) is 11.3 Å². The molecule has 11 nitrogen and oxygen atoms in total. The largest absolute Gasteiger partial charge is 0.496 e. The number of hydrogen-bond acceptors (Lipinski definition) is 11. The summed E-state index contributed by atoms with van der Waals surface area (Å²) in [6.45, 7) is 11.2. The number of hydrogen-bond donors (Lipinski definition) is 3. The van der Waals surface area contributed by atoms with Crippen LogP contribution >= 0.6 is 0 Å². The number of carbonyl (C=O) groups is 1.